The Kier molecular flexibility index (Phi) is 8.07. The zero-order valence-electron chi connectivity index (χ0n) is 16.1. The molecule has 2 aromatic rings. The van der Waals surface area contributed by atoms with Crippen molar-refractivity contribution in [1.29, 1.82) is 0 Å². The van der Waals surface area contributed by atoms with E-state index in [2.05, 4.69) is 15.6 Å². The summed E-state index contributed by atoms with van der Waals surface area (Å²) in [6.45, 7) is 3.86. The smallest absolute Gasteiger partial charge is 0.191 e. The second kappa shape index (κ2) is 10.5. The van der Waals surface area contributed by atoms with Gasteiger partial charge in [0.2, 0.25) is 0 Å². The summed E-state index contributed by atoms with van der Waals surface area (Å²) in [7, 11) is 4.84. The fourth-order valence-corrected chi connectivity index (χ4v) is 2.64. The fourth-order valence-electron chi connectivity index (χ4n) is 2.51. The summed E-state index contributed by atoms with van der Waals surface area (Å²) in [4.78, 5) is 4.61. The summed E-state index contributed by atoms with van der Waals surface area (Å²) in [5.74, 6) is 2.71. The zero-order chi connectivity index (χ0) is 19.6. The van der Waals surface area contributed by atoms with E-state index in [1.807, 2.05) is 43.3 Å². The molecule has 7 heteroatoms. The lowest BCUT2D eigenvalue weighted by atomic mass is 10.1. The number of nitrogens with one attached hydrogen (secondary N) is 2. The molecule has 2 N–H and O–H groups in total. The highest BCUT2D eigenvalue weighted by Crippen LogP contribution is 2.34. The maximum Gasteiger partial charge on any atom is 0.191 e. The maximum atomic E-state index is 5.92. The van der Waals surface area contributed by atoms with E-state index in [9.17, 15) is 0 Å². The first-order valence-corrected chi connectivity index (χ1v) is 9.04. The number of halogens is 1. The third-order valence-electron chi connectivity index (χ3n) is 3.91. The van der Waals surface area contributed by atoms with Gasteiger partial charge in [0.25, 0.3) is 0 Å². The Morgan fingerprint density at radius 3 is 2.15 bits per heavy atom. The Morgan fingerprint density at radius 2 is 1.56 bits per heavy atom. The Bertz CT molecular complexity index is 764. The largest absolute Gasteiger partial charge is 0.496 e. The molecule has 0 fully saturated rings. The number of methoxy groups -OCH3 is 3. The van der Waals surface area contributed by atoms with Gasteiger partial charge in [-0.1, -0.05) is 23.7 Å². The summed E-state index contributed by atoms with van der Waals surface area (Å²) in [5.41, 5.74) is 2.02. The van der Waals surface area contributed by atoms with Gasteiger partial charge >= 0.3 is 0 Å². The van der Waals surface area contributed by atoms with Crippen molar-refractivity contribution in [3.63, 3.8) is 0 Å². The van der Waals surface area contributed by atoms with Crippen LogP contribution in [0.1, 0.15) is 18.1 Å². The van der Waals surface area contributed by atoms with E-state index >= 15 is 0 Å². The number of rotatable bonds is 8. The van der Waals surface area contributed by atoms with Crippen LogP contribution >= 0.6 is 11.6 Å². The van der Waals surface area contributed by atoms with E-state index in [1.54, 1.807) is 21.3 Å². The van der Waals surface area contributed by atoms with E-state index in [0.717, 1.165) is 17.7 Å². The normalized spacial score (nSPS) is 11.1. The predicted molar refractivity (Wildman–Crippen MR) is 109 cm³/mol. The molecule has 0 aliphatic carbocycles. The molecule has 0 unspecified atom stereocenters. The van der Waals surface area contributed by atoms with E-state index in [1.165, 1.54) is 0 Å². The monoisotopic (exact) mass is 391 g/mol. The minimum Gasteiger partial charge on any atom is -0.496 e. The van der Waals surface area contributed by atoms with Gasteiger partial charge in [0, 0.05) is 29.7 Å². The Labute approximate surface area is 165 Å². The molecular formula is C20H26ClN3O3. The molecule has 27 heavy (non-hydrogen) atoms. The molecule has 2 rings (SSSR count). The second-order valence-corrected chi connectivity index (χ2v) is 6.13. The van der Waals surface area contributed by atoms with Gasteiger partial charge in [-0.15, -0.1) is 0 Å². The van der Waals surface area contributed by atoms with Crippen LogP contribution in [0.5, 0.6) is 17.2 Å². The van der Waals surface area contributed by atoms with E-state index in [4.69, 9.17) is 25.8 Å². The van der Waals surface area contributed by atoms with Crippen LogP contribution in [0.2, 0.25) is 5.02 Å². The van der Waals surface area contributed by atoms with Crippen molar-refractivity contribution < 1.29 is 14.2 Å². The molecule has 146 valence electrons. The van der Waals surface area contributed by atoms with Gasteiger partial charge in [0.1, 0.15) is 5.75 Å². The molecule has 0 spiro atoms. The summed E-state index contributed by atoms with van der Waals surface area (Å²) in [6.07, 6.45) is 0. The first kappa shape index (κ1) is 20.7. The quantitative estimate of drug-likeness (QED) is 0.531. The topological polar surface area (TPSA) is 64.1 Å². The predicted octanol–water partition coefficient (Wildman–Crippen LogP) is 3.62. The third-order valence-corrected chi connectivity index (χ3v) is 4.16. The number of guanidine groups is 1. The molecular weight excluding hydrogens is 366 g/mol. The molecule has 6 nitrogen and oxygen atoms in total. The summed E-state index contributed by atoms with van der Waals surface area (Å²) >= 11 is 5.92. The van der Waals surface area contributed by atoms with Crippen molar-refractivity contribution in [2.45, 2.75) is 20.0 Å². The lowest BCUT2D eigenvalue weighted by molar-refractivity contribution is 0.347. The number of aliphatic imine (C=N–C) groups is 1. The maximum absolute atomic E-state index is 5.92. The number of ether oxygens (including phenoxy) is 3. The molecule has 0 amide bonds. The molecule has 0 aliphatic rings. The van der Waals surface area contributed by atoms with Crippen LogP contribution in [0.4, 0.5) is 0 Å². The van der Waals surface area contributed by atoms with Gasteiger partial charge in [-0.3, -0.25) is 0 Å². The van der Waals surface area contributed by atoms with Crippen molar-refractivity contribution in [1.82, 2.24) is 10.6 Å². The van der Waals surface area contributed by atoms with Crippen LogP contribution in [0.15, 0.2) is 41.4 Å². The molecule has 0 radical (unpaired) electrons. The molecule has 0 atom stereocenters. The van der Waals surface area contributed by atoms with E-state index in [0.29, 0.717) is 41.3 Å². The standard InChI is InChI=1S/C20H26ClN3O3/c1-5-22-20(23-12-14-6-8-16(21)9-7-14)24-13-15-10-18(26-3)19(27-4)11-17(15)25-2/h6-11H,5,12-13H2,1-4H3,(H2,22,23,24). The molecule has 0 aliphatic heterocycles. The SMILES string of the molecule is CCNC(=NCc1ccc(Cl)cc1)NCc1cc(OC)c(OC)cc1OC. The third kappa shape index (κ3) is 5.96. The number of hydrogen-bond acceptors (Lipinski definition) is 4. The fraction of sp³-hybridized carbons (Fsp3) is 0.350. The average Bonchev–Trinajstić information content (AvgIpc) is 2.70. The van der Waals surface area contributed by atoms with Gasteiger partial charge in [-0.05, 0) is 30.7 Å². The highest BCUT2D eigenvalue weighted by Gasteiger charge is 2.12. The highest BCUT2D eigenvalue weighted by molar-refractivity contribution is 6.30. The Balaban J connectivity index is 2.12. The van der Waals surface area contributed by atoms with Crippen LogP contribution in [-0.2, 0) is 13.1 Å². The van der Waals surface area contributed by atoms with Gasteiger partial charge in [0.05, 0.1) is 27.9 Å². The Morgan fingerprint density at radius 1 is 0.926 bits per heavy atom. The van der Waals surface area contributed by atoms with E-state index in [-0.39, 0.29) is 0 Å². The lowest BCUT2D eigenvalue weighted by Crippen LogP contribution is -2.36. The van der Waals surface area contributed by atoms with Crippen LogP contribution in [0.3, 0.4) is 0 Å². The minimum atomic E-state index is 0.524. The van der Waals surface area contributed by atoms with Gasteiger partial charge in [-0.2, -0.15) is 0 Å². The van der Waals surface area contributed by atoms with Crippen LogP contribution in [0.25, 0.3) is 0 Å². The number of hydrogen-bond donors (Lipinski definition) is 2. The van der Waals surface area contributed by atoms with Crippen LogP contribution < -0.4 is 24.8 Å². The summed E-state index contributed by atoms with van der Waals surface area (Å²) in [5, 5.41) is 7.27. The summed E-state index contributed by atoms with van der Waals surface area (Å²) in [6, 6.07) is 11.4. The molecule has 0 aromatic heterocycles. The lowest BCUT2D eigenvalue weighted by Gasteiger charge is -2.16. The second-order valence-electron chi connectivity index (χ2n) is 5.69. The van der Waals surface area contributed by atoms with Gasteiger partial charge in [-0.25, -0.2) is 4.99 Å². The molecule has 0 saturated carbocycles. The van der Waals surface area contributed by atoms with Crippen molar-refractivity contribution >= 4 is 17.6 Å². The van der Waals surface area contributed by atoms with Crippen LogP contribution in [-0.4, -0.2) is 33.8 Å². The minimum absolute atomic E-state index is 0.524. The van der Waals surface area contributed by atoms with Crippen molar-refractivity contribution in [2.24, 2.45) is 4.99 Å². The zero-order valence-corrected chi connectivity index (χ0v) is 16.9. The molecule has 0 bridgehead atoms. The molecule has 2 aromatic carbocycles. The van der Waals surface area contributed by atoms with Crippen molar-refractivity contribution in [3.8, 4) is 17.2 Å². The van der Waals surface area contributed by atoms with Crippen LogP contribution in [0, 0.1) is 0 Å². The number of nitrogens with zero attached hydrogens (tertiary/aromatic N) is 1. The molecule has 0 heterocycles. The van der Waals surface area contributed by atoms with E-state index < -0.39 is 0 Å². The average molecular weight is 392 g/mol. The van der Waals surface area contributed by atoms with Crippen molar-refractivity contribution in [2.75, 3.05) is 27.9 Å². The first-order chi connectivity index (χ1) is 13.1. The Hall–Kier alpha value is -2.60. The molecule has 0 saturated heterocycles. The van der Waals surface area contributed by atoms with Gasteiger partial charge in [0.15, 0.2) is 17.5 Å². The van der Waals surface area contributed by atoms with Gasteiger partial charge < -0.3 is 24.8 Å². The number of benzene rings is 2. The first-order valence-electron chi connectivity index (χ1n) is 8.66. The van der Waals surface area contributed by atoms with Crippen molar-refractivity contribution in [3.05, 3.63) is 52.5 Å². The highest BCUT2D eigenvalue weighted by atomic mass is 35.5. The summed E-state index contributed by atoms with van der Waals surface area (Å²) < 4.78 is 16.2.